The Kier molecular flexibility index (Phi) is 3.55. The molecule has 1 aromatic heterocycles. The number of carbonyl (C=O) groups is 1. The van der Waals surface area contributed by atoms with Crippen LogP contribution >= 0.6 is 11.3 Å². The second-order valence-corrected chi connectivity index (χ2v) is 6.73. The Labute approximate surface area is 127 Å². The normalized spacial score (nSPS) is 15.5. The molecule has 3 rings (SSSR count). The molecule has 0 fully saturated rings. The van der Waals surface area contributed by atoms with Crippen LogP contribution in [0.2, 0.25) is 0 Å². The minimum absolute atomic E-state index is 0.0662. The molecule has 2 heterocycles. The summed E-state index contributed by atoms with van der Waals surface area (Å²) in [7, 11) is 0. The number of aryl methyl sites for hydroxylation is 3. The number of halogens is 1. The van der Waals surface area contributed by atoms with Crippen molar-refractivity contribution in [2.45, 2.75) is 32.7 Å². The number of carbonyl (C=O) groups excluding carboxylic acids is 1. The summed E-state index contributed by atoms with van der Waals surface area (Å²) in [5.41, 5.74) is 9.43. The van der Waals surface area contributed by atoms with Gasteiger partial charge < -0.3 is 11.1 Å². The molecule has 2 aromatic rings. The van der Waals surface area contributed by atoms with Crippen LogP contribution in [-0.4, -0.2) is 5.91 Å². The van der Waals surface area contributed by atoms with Gasteiger partial charge in [0, 0.05) is 27.4 Å². The Hall–Kier alpha value is -1.72. The Morgan fingerprint density at radius 3 is 2.71 bits per heavy atom. The van der Waals surface area contributed by atoms with E-state index < -0.39 is 6.04 Å². The third kappa shape index (κ3) is 2.59. The molecule has 3 nitrogen and oxygen atoms in total. The summed E-state index contributed by atoms with van der Waals surface area (Å²) in [4.78, 5) is 13.5. The summed E-state index contributed by atoms with van der Waals surface area (Å²) in [5, 5.41) is 2.70. The zero-order valence-electron chi connectivity index (χ0n) is 12.0. The Bertz CT molecular complexity index is 704. The van der Waals surface area contributed by atoms with Crippen LogP contribution in [0.1, 0.15) is 38.9 Å². The Morgan fingerprint density at radius 2 is 2.05 bits per heavy atom. The molecule has 3 N–H and O–H groups in total. The molecule has 0 bridgehead atoms. The van der Waals surface area contributed by atoms with Crippen LogP contribution in [0.15, 0.2) is 18.2 Å². The molecule has 0 radical (unpaired) electrons. The van der Waals surface area contributed by atoms with Crippen LogP contribution in [0, 0.1) is 19.7 Å². The van der Waals surface area contributed by atoms with Crippen molar-refractivity contribution >= 4 is 22.9 Å². The summed E-state index contributed by atoms with van der Waals surface area (Å²) in [6.45, 7) is 4.07. The quantitative estimate of drug-likeness (QED) is 0.893. The molecule has 0 aliphatic carbocycles. The molecule has 5 heteroatoms. The van der Waals surface area contributed by atoms with Gasteiger partial charge in [0.15, 0.2) is 0 Å². The van der Waals surface area contributed by atoms with Crippen molar-refractivity contribution in [3.8, 4) is 0 Å². The highest BCUT2D eigenvalue weighted by atomic mass is 32.1. The standard InChI is InChI=1S/C16H17FN2OS/c1-8-5-14(21-9(8)2)16(18)11-6-10-3-4-15(20)19-13(10)7-12(11)17/h5-7,16H,3-4,18H2,1-2H3,(H,19,20). The molecule has 0 saturated heterocycles. The van der Waals surface area contributed by atoms with Crippen LogP contribution in [0.4, 0.5) is 10.1 Å². The fourth-order valence-electron chi connectivity index (χ4n) is 2.57. The average Bonchev–Trinajstić information content (AvgIpc) is 2.77. The molecular formula is C16H17FN2OS. The number of benzene rings is 1. The number of hydrogen-bond donors (Lipinski definition) is 2. The predicted octanol–water partition coefficient (Wildman–Crippen LogP) is 3.44. The molecule has 1 aliphatic rings. The van der Waals surface area contributed by atoms with Crippen molar-refractivity contribution in [3.05, 3.63) is 50.5 Å². The van der Waals surface area contributed by atoms with Crippen LogP contribution < -0.4 is 11.1 Å². The van der Waals surface area contributed by atoms with E-state index in [2.05, 4.69) is 5.32 Å². The molecule has 1 aliphatic heterocycles. The largest absolute Gasteiger partial charge is 0.326 e. The van der Waals surface area contributed by atoms with Crippen LogP contribution in [0.5, 0.6) is 0 Å². The van der Waals surface area contributed by atoms with Gasteiger partial charge in [0.25, 0.3) is 0 Å². The highest BCUT2D eigenvalue weighted by Gasteiger charge is 2.22. The third-order valence-electron chi connectivity index (χ3n) is 3.94. The molecule has 1 atom stereocenters. The van der Waals surface area contributed by atoms with E-state index in [9.17, 15) is 9.18 Å². The van der Waals surface area contributed by atoms with Crippen molar-refractivity contribution in [1.29, 1.82) is 0 Å². The number of anilines is 1. The summed E-state index contributed by atoms with van der Waals surface area (Å²) in [5.74, 6) is -0.435. The smallest absolute Gasteiger partial charge is 0.224 e. The minimum Gasteiger partial charge on any atom is -0.326 e. The molecule has 21 heavy (non-hydrogen) atoms. The molecule has 1 aromatic carbocycles. The lowest BCUT2D eigenvalue weighted by Crippen LogP contribution is -2.21. The Balaban J connectivity index is 2.00. The average molecular weight is 304 g/mol. The topological polar surface area (TPSA) is 55.1 Å². The summed E-state index contributed by atoms with van der Waals surface area (Å²) in [6, 6.07) is 4.73. The van der Waals surface area contributed by atoms with Crippen molar-refractivity contribution in [1.82, 2.24) is 0 Å². The van der Waals surface area contributed by atoms with Gasteiger partial charge >= 0.3 is 0 Å². The lowest BCUT2D eigenvalue weighted by atomic mass is 9.96. The monoisotopic (exact) mass is 304 g/mol. The van der Waals surface area contributed by atoms with E-state index in [0.717, 1.165) is 10.4 Å². The van der Waals surface area contributed by atoms with E-state index in [1.54, 1.807) is 17.4 Å². The molecule has 1 amide bonds. The number of fused-ring (bicyclic) bond motifs is 1. The van der Waals surface area contributed by atoms with E-state index in [1.165, 1.54) is 16.5 Å². The van der Waals surface area contributed by atoms with Gasteiger partial charge in [0.05, 0.1) is 6.04 Å². The first-order valence-electron chi connectivity index (χ1n) is 6.90. The van der Waals surface area contributed by atoms with E-state index in [1.807, 2.05) is 19.9 Å². The molecule has 0 spiro atoms. The second kappa shape index (κ2) is 5.24. The van der Waals surface area contributed by atoms with E-state index in [0.29, 0.717) is 24.1 Å². The van der Waals surface area contributed by atoms with Crippen molar-refractivity contribution in [2.75, 3.05) is 5.32 Å². The number of amides is 1. The lowest BCUT2D eigenvalue weighted by Gasteiger charge is -2.20. The van der Waals surface area contributed by atoms with Crippen LogP contribution in [-0.2, 0) is 11.2 Å². The van der Waals surface area contributed by atoms with Crippen molar-refractivity contribution < 1.29 is 9.18 Å². The minimum atomic E-state index is -0.467. The Morgan fingerprint density at radius 1 is 1.29 bits per heavy atom. The van der Waals surface area contributed by atoms with Crippen LogP contribution in [0.3, 0.4) is 0 Å². The molecule has 110 valence electrons. The summed E-state index contributed by atoms with van der Waals surface area (Å²) in [6.07, 6.45) is 1.06. The van der Waals surface area contributed by atoms with Gasteiger partial charge in [-0.05, 0) is 49.6 Å². The van der Waals surface area contributed by atoms with E-state index in [4.69, 9.17) is 5.73 Å². The third-order valence-corrected chi connectivity index (χ3v) is 5.18. The van der Waals surface area contributed by atoms with Gasteiger partial charge in [-0.1, -0.05) is 0 Å². The maximum atomic E-state index is 14.3. The van der Waals surface area contributed by atoms with Gasteiger partial charge in [0.2, 0.25) is 5.91 Å². The zero-order valence-corrected chi connectivity index (χ0v) is 12.8. The fraction of sp³-hybridized carbons (Fsp3) is 0.312. The van der Waals surface area contributed by atoms with Gasteiger partial charge in [-0.25, -0.2) is 4.39 Å². The van der Waals surface area contributed by atoms with Gasteiger partial charge in [-0.2, -0.15) is 0 Å². The maximum absolute atomic E-state index is 14.3. The number of nitrogens with one attached hydrogen (secondary N) is 1. The zero-order chi connectivity index (χ0) is 15.1. The first-order chi connectivity index (χ1) is 9.95. The summed E-state index contributed by atoms with van der Waals surface area (Å²) >= 11 is 1.60. The predicted molar refractivity (Wildman–Crippen MR) is 83.2 cm³/mol. The van der Waals surface area contributed by atoms with Crippen LogP contribution in [0.25, 0.3) is 0 Å². The highest BCUT2D eigenvalue weighted by molar-refractivity contribution is 7.12. The van der Waals surface area contributed by atoms with E-state index >= 15 is 0 Å². The summed E-state index contributed by atoms with van der Waals surface area (Å²) < 4.78 is 14.3. The first kappa shape index (κ1) is 14.2. The molecule has 0 saturated carbocycles. The van der Waals surface area contributed by atoms with Gasteiger partial charge in [-0.15, -0.1) is 11.3 Å². The maximum Gasteiger partial charge on any atom is 0.224 e. The first-order valence-corrected chi connectivity index (χ1v) is 7.72. The lowest BCUT2D eigenvalue weighted by molar-refractivity contribution is -0.116. The number of hydrogen-bond acceptors (Lipinski definition) is 3. The van der Waals surface area contributed by atoms with Gasteiger partial charge in [-0.3, -0.25) is 4.79 Å². The highest BCUT2D eigenvalue weighted by Crippen LogP contribution is 2.33. The number of rotatable bonds is 2. The fourth-order valence-corrected chi connectivity index (χ4v) is 3.63. The van der Waals surface area contributed by atoms with Crippen molar-refractivity contribution in [2.24, 2.45) is 5.73 Å². The molecular weight excluding hydrogens is 287 g/mol. The van der Waals surface area contributed by atoms with Crippen molar-refractivity contribution in [3.63, 3.8) is 0 Å². The number of thiophene rings is 1. The SMILES string of the molecule is Cc1cc(C(N)c2cc3c(cc2F)NC(=O)CC3)sc1C. The molecule has 1 unspecified atom stereocenters. The number of nitrogens with two attached hydrogens (primary N) is 1. The van der Waals surface area contributed by atoms with E-state index in [-0.39, 0.29) is 11.7 Å². The van der Waals surface area contributed by atoms with Gasteiger partial charge in [0.1, 0.15) is 5.82 Å². The second-order valence-electron chi connectivity index (χ2n) is 5.44.